The van der Waals surface area contributed by atoms with Crippen LogP contribution in [0.15, 0.2) is 24.3 Å². The Morgan fingerprint density at radius 3 is 2.56 bits per heavy atom. The van der Waals surface area contributed by atoms with Crippen molar-refractivity contribution in [3.05, 3.63) is 29.8 Å². The molecular weight excluding hydrogens is 324 g/mol. The number of carboxylic acid groups (broad SMARTS) is 1. The summed E-state index contributed by atoms with van der Waals surface area (Å²) in [6.45, 7) is 1.40. The number of hydrogen-bond acceptors (Lipinski definition) is 4. The number of methoxy groups -OCH3 is 1. The lowest BCUT2D eigenvalue weighted by atomic mass is 10.0. The lowest BCUT2D eigenvalue weighted by Crippen LogP contribution is -2.47. The molecule has 0 aromatic heterocycles. The molecule has 3 rings (SSSR count). The molecule has 2 heterocycles. The van der Waals surface area contributed by atoms with E-state index in [-0.39, 0.29) is 30.8 Å². The minimum atomic E-state index is -0.915. The van der Waals surface area contributed by atoms with Gasteiger partial charge in [0, 0.05) is 37.7 Å². The number of carbonyl (C=O) groups is 3. The van der Waals surface area contributed by atoms with Gasteiger partial charge in [-0.05, 0) is 31.0 Å². The number of nitrogens with zero attached hydrogens (tertiary/aromatic N) is 2. The Balaban J connectivity index is 1.59. The number of carbonyl (C=O) groups excluding carboxylic acids is 2. The molecule has 25 heavy (non-hydrogen) atoms. The Kier molecular flexibility index (Phi) is 4.92. The third kappa shape index (κ3) is 3.60. The Labute approximate surface area is 146 Å². The van der Waals surface area contributed by atoms with Crippen LogP contribution in [-0.2, 0) is 9.59 Å². The Bertz CT molecular complexity index is 682. The van der Waals surface area contributed by atoms with E-state index in [1.54, 1.807) is 41.2 Å². The number of aliphatic carboxylic acids is 1. The monoisotopic (exact) mass is 346 g/mol. The molecule has 2 amide bonds. The summed E-state index contributed by atoms with van der Waals surface area (Å²) >= 11 is 0. The Hall–Kier alpha value is -2.57. The molecule has 0 spiro atoms. The average molecular weight is 346 g/mol. The number of ether oxygens (including phenoxy) is 1. The first-order valence-electron chi connectivity index (χ1n) is 8.45. The molecule has 1 unspecified atom stereocenters. The first kappa shape index (κ1) is 17.3. The van der Waals surface area contributed by atoms with E-state index in [2.05, 4.69) is 0 Å². The first-order valence-corrected chi connectivity index (χ1v) is 8.45. The van der Waals surface area contributed by atoms with Crippen LogP contribution < -0.4 is 4.74 Å². The van der Waals surface area contributed by atoms with Crippen LogP contribution in [0, 0.1) is 5.92 Å². The first-order chi connectivity index (χ1) is 12.0. The van der Waals surface area contributed by atoms with Gasteiger partial charge in [0.1, 0.15) is 5.75 Å². The lowest BCUT2D eigenvalue weighted by molar-refractivity contribution is -0.141. The van der Waals surface area contributed by atoms with Crippen LogP contribution in [0.2, 0.25) is 0 Å². The number of carboxylic acids is 1. The van der Waals surface area contributed by atoms with E-state index in [0.29, 0.717) is 37.2 Å². The van der Waals surface area contributed by atoms with Crippen LogP contribution in [0.25, 0.3) is 0 Å². The van der Waals surface area contributed by atoms with E-state index >= 15 is 0 Å². The predicted octanol–water partition coefficient (Wildman–Crippen LogP) is 1.23. The van der Waals surface area contributed by atoms with Crippen molar-refractivity contribution in [1.29, 1.82) is 0 Å². The van der Waals surface area contributed by atoms with Crippen molar-refractivity contribution in [1.82, 2.24) is 9.80 Å². The second-order valence-corrected chi connectivity index (χ2v) is 6.54. The fraction of sp³-hybridized carbons (Fsp3) is 0.500. The molecule has 2 aliphatic rings. The van der Waals surface area contributed by atoms with Crippen LogP contribution in [0.5, 0.6) is 5.75 Å². The van der Waals surface area contributed by atoms with Crippen molar-refractivity contribution in [3.63, 3.8) is 0 Å². The van der Waals surface area contributed by atoms with Gasteiger partial charge in [-0.1, -0.05) is 6.07 Å². The van der Waals surface area contributed by atoms with Crippen LogP contribution >= 0.6 is 0 Å². The maximum absolute atomic E-state index is 12.6. The molecule has 1 aromatic carbocycles. The molecule has 134 valence electrons. The maximum atomic E-state index is 12.6. The van der Waals surface area contributed by atoms with Gasteiger partial charge in [0.05, 0.1) is 13.0 Å². The van der Waals surface area contributed by atoms with E-state index in [9.17, 15) is 14.4 Å². The van der Waals surface area contributed by atoms with Gasteiger partial charge >= 0.3 is 5.97 Å². The zero-order valence-corrected chi connectivity index (χ0v) is 14.2. The SMILES string of the molecule is COc1cccc(C(=O)N2CCC(N3CC(C(=O)O)CC3=O)CC2)c1. The van der Waals surface area contributed by atoms with Gasteiger partial charge in [-0.25, -0.2) is 0 Å². The van der Waals surface area contributed by atoms with Crippen molar-refractivity contribution < 1.29 is 24.2 Å². The quantitative estimate of drug-likeness (QED) is 0.886. The zero-order chi connectivity index (χ0) is 18.0. The fourth-order valence-corrected chi connectivity index (χ4v) is 3.57. The highest BCUT2D eigenvalue weighted by Crippen LogP contribution is 2.26. The van der Waals surface area contributed by atoms with E-state index in [1.807, 2.05) is 0 Å². The maximum Gasteiger partial charge on any atom is 0.308 e. The Morgan fingerprint density at radius 2 is 1.96 bits per heavy atom. The summed E-state index contributed by atoms with van der Waals surface area (Å²) < 4.78 is 5.16. The van der Waals surface area contributed by atoms with Crippen LogP contribution in [0.4, 0.5) is 0 Å². The third-order valence-electron chi connectivity index (χ3n) is 5.02. The highest BCUT2D eigenvalue weighted by Gasteiger charge is 2.39. The summed E-state index contributed by atoms with van der Waals surface area (Å²) in [5.41, 5.74) is 0.584. The summed E-state index contributed by atoms with van der Waals surface area (Å²) in [5, 5.41) is 9.09. The van der Waals surface area contributed by atoms with Crippen LogP contribution in [0.3, 0.4) is 0 Å². The minimum Gasteiger partial charge on any atom is -0.497 e. The summed E-state index contributed by atoms with van der Waals surface area (Å²) in [7, 11) is 1.56. The van der Waals surface area contributed by atoms with Gasteiger partial charge in [-0.15, -0.1) is 0 Å². The molecule has 1 N–H and O–H groups in total. The van der Waals surface area contributed by atoms with Crippen molar-refractivity contribution in [3.8, 4) is 5.75 Å². The van der Waals surface area contributed by atoms with Gasteiger partial charge in [0.2, 0.25) is 5.91 Å². The molecule has 7 nitrogen and oxygen atoms in total. The fourth-order valence-electron chi connectivity index (χ4n) is 3.57. The summed E-state index contributed by atoms with van der Waals surface area (Å²) in [6, 6.07) is 7.08. The van der Waals surface area contributed by atoms with E-state index in [0.717, 1.165) is 0 Å². The highest BCUT2D eigenvalue weighted by molar-refractivity contribution is 5.94. The molecule has 7 heteroatoms. The number of benzene rings is 1. The van der Waals surface area contributed by atoms with E-state index in [1.165, 1.54) is 0 Å². The topological polar surface area (TPSA) is 87.2 Å². The second-order valence-electron chi connectivity index (χ2n) is 6.54. The molecule has 2 aliphatic heterocycles. The molecule has 0 radical (unpaired) electrons. The lowest BCUT2D eigenvalue weighted by Gasteiger charge is -2.36. The largest absolute Gasteiger partial charge is 0.497 e. The van der Waals surface area contributed by atoms with E-state index < -0.39 is 11.9 Å². The second kappa shape index (κ2) is 7.13. The normalized spacial score (nSPS) is 21.5. The third-order valence-corrected chi connectivity index (χ3v) is 5.02. The Morgan fingerprint density at radius 1 is 1.24 bits per heavy atom. The summed E-state index contributed by atoms with van der Waals surface area (Å²) in [6.07, 6.45) is 1.43. The number of rotatable bonds is 4. The zero-order valence-electron chi connectivity index (χ0n) is 14.2. The van der Waals surface area contributed by atoms with Gasteiger partial charge in [-0.2, -0.15) is 0 Å². The molecule has 2 saturated heterocycles. The summed E-state index contributed by atoms with van der Waals surface area (Å²) in [5.74, 6) is -1.02. The summed E-state index contributed by atoms with van der Waals surface area (Å²) in [4.78, 5) is 39.2. The number of hydrogen-bond donors (Lipinski definition) is 1. The van der Waals surface area contributed by atoms with Gasteiger partial charge in [-0.3, -0.25) is 14.4 Å². The molecule has 1 aromatic rings. The van der Waals surface area contributed by atoms with Crippen molar-refractivity contribution in [2.75, 3.05) is 26.7 Å². The van der Waals surface area contributed by atoms with Gasteiger partial charge < -0.3 is 19.6 Å². The molecule has 2 fully saturated rings. The average Bonchev–Trinajstić information content (AvgIpc) is 3.03. The standard InChI is InChI=1S/C18H22N2O5/c1-25-15-4-2-3-12(9-15)17(22)19-7-5-14(6-8-19)20-11-13(18(23)24)10-16(20)21/h2-4,9,13-14H,5-8,10-11H2,1H3,(H,23,24). The molecule has 0 aliphatic carbocycles. The highest BCUT2D eigenvalue weighted by atomic mass is 16.5. The van der Waals surface area contributed by atoms with Crippen molar-refractivity contribution in [2.24, 2.45) is 5.92 Å². The van der Waals surface area contributed by atoms with Crippen LogP contribution in [0.1, 0.15) is 29.6 Å². The predicted molar refractivity (Wildman–Crippen MR) is 89.4 cm³/mol. The number of likely N-dealkylation sites (tertiary alicyclic amines) is 2. The van der Waals surface area contributed by atoms with Crippen molar-refractivity contribution in [2.45, 2.75) is 25.3 Å². The number of piperidine rings is 1. The van der Waals surface area contributed by atoms with E-state index in [4.69, 9.17) is 9.84 Å². The van der Waals surface area contributed by atoms with Crippen LogP contribution in [-0.4, -0.2) is 65.5 Å². The number of amides is 2. The van der Waals surface area contributed by atoms with Crippen molar-refractivity contribution >= 4 is 17.8 Å². The van der Waals surface area contributed by atoms with Gasteiger partial charge in [0.15, 0.2) is 0 Å². The molecule has 0 saturated carbocycles. The minimum absolute atomic E-state index is 0.0196. The molecule has 1 atom stereocenters. The molecule has 0 bridgehead atoms. The van der Waals surface area contributed by atoms with Gasteiger partial charge in [0.25, 0.3) is 5.91 Å². The molecular formula is C18H22N2O5. The smallest absolute Gasteiger partial charge is 0.308 e.